The Morgan fingerprint density at radius 3 is 2.58 bits per heavy atom. The summed E-state index contributed by atoms with van der Waals surface area (Å²) < 4.78 is 2.20. The van der Waals surface area contributed by atoms with E-state index in [1.807, 2.05) is 18.7 Å². The lowest BCUT2D eigenvalue weighted by Crippen LogP contribution is -2.04. The molecule has 1 heterocycles. The molecule has 12 heavy (non-hydrogen) atoms. The maximum absolute atomic E-state index is 4.04. The first kappa shape index (κ1) is 11.2. The van der Waals surface area contributed by atoms with Gasteiger partial charge in [-0.25, -0.2) is 4.98 Å². The molecule has 0 saturated carbocycles. The third-order valence-electron chi connectivity index (χ3n) is 2.04. The van der Waals surface area contributed by atoms with Gasteiger partial charge in [-0.2, -0.15) is 0 Å². The van der Waals surface area contributed by atoms with Crippen LogP contribution in [0.15, 0.2) is 18.7 Å². The van der Waals surface area contributed by atoms with Gasteiger partial charge in [0.15, 0.2) is 0 Å². The van der Waals surface area contributed by atoms with Crippen molar-refractivity contribution in [3.63, 3.8) is 0 Å². The van der Waals surface area contributed by atoms with Crippen LogP contribution in [0.4, 0.5) is 0 Å². The van der Waals surface area contributed by atoms with Crippen LogP contribution in [0.25, 0.3) is 0 Å². The smallest absolute Gasteiger partial charge is 0.0948 e. The summed E-state index contributed by atoms with van der Waals surface area (Å²) in [5.74, 6) is 0. The lowest BCUT2D eigenvalue weighted by molar-refractivity contribution is 0.447. The van der Waals surface area contributed by atoms with Crippen molar-refractivity contribution in [2.75, 3.05) is 0 Å². The van der Waals surface area contributed by atoms with E-state index in [0.29, 0.717) is 6.04 Å². The Labute approximate surface area is 73.7 Å². The molecule has 0 bridgehead atoms. The van der Waals surface area contributed by atoms with E-state index < -0.39 is 0 Å². The minimum Gasteiger partial charge on any atom is -0.412 e. The Balaban J connectivity index is 0.00000121. The summed E-state index contributed by atoms with van der Waals surface area (Å²) in [4.78, 5) is 4.04. The van der Waals surface area contributed by atoms with Gasteiger partial charge in [-0.05, 0) is 12.8 Å². The van der Waals surface area contributed by atoms with Gasteiger partial charge in [-0.1, -0.05) is 20.3 Å². The Kier molecular flexibility index (Phi) is 5.37. The number of nitrogens with zero attached hydrogens (tertiary/aromatic N) is 2. The van der Waals surface area contributed by atoms with Crippen LogP contribution in [0.3, 0.4) is 0 Å². The summed E-state index contributed by atoms with van der Waals surface area (Å²) in [5.41, 5.74) is 0. The molecule has 3 heteroatoms. The fourth-order valence-electron chi connectivity index (χ4n) is 1.38. The third-order valence-corrected chi connectivity index (χ3v) is 2.04. The van der Waals surface area contributed by atoms with Crippen LogP contribution in [0.2, 0.25) is 0 Å². The van der Waals surface area contributed by atoms with E-state index in [0.717, 1.165) is 0 Å². The van der Waals surface area contributed by atoms with Crippen molar-refractivity contribution in [1.82, 2.24) is 9.55 Å². The normalized spacial score (nSPS) is 12.2. The minimum absolute atomic E-state index is 0. The molecule has 0 aliphatic carbocycles. The predicted molar refractivity (Wildman–Crippen MR) is 50.1 cm³/mol. The monoisotopic (exact) mass is 170 g/mol. The molecule has 0 saturated heterocycles. The SMILES string of the molecule is CCCC(CC)n1ccnc1.O. The third kappa shape index (κ3) is 2.66. The van der Waals surface area contributed by atoms with Gasteiger partial charge in [0.25, 0.3) is 0 Å². The van der Waals surface area contributed by atoms with E-state index in [9.17, 15) is 0 Å². The Morgan fingerprint density at radius 2 is 2.17 bits per heavy atom. The Bertz CT molecular complexity index is 184. The molecule has 0 aromatic carbocycles. The topological polar surface area (TPSA) is 49.3 Å². The first-order valence-corrected chi connectivity index (χ1v) is 4.36. The number of hydrogen-bond acceptors (Lipinski definition) is 1. The first-order chi connectivity index (χ1) is 5.38. The summed E-state index contributed by atoms with van der Waals surface area (Å²) in [6.45, 7) is 4.44. The van der Waals surface area contributed by atoms with Crippen molar-refractivity contribution in [3.8, 4) is 0 Å². The molecule has 0 aliphatic heterocycles. The van der Waals surface area contributed by atoms with Crippen molar-refractivity contribution in [2.24, 2.45) is 0 Å². The molecular weight excluding hydrogens is 152 g/mol. The van der Waals surface area contributed by atoms with Crippen molar-refractivity contribution in [2.45, 2.75) is 39.2 Å². The number of hydrogen-bond donors (Lipinski definition) is 0. The molecule has 0 fully saturated rings. The molecule has 1 atom stereocenters. The highest BCUT2D eigenvalue weighted by molar-refractivity contribution is 4.79. The molecule has 1 unspecified atom stereocenters. The zero-order chi connectivity index (χ0) is 8.10. The standard InChI is InChI=1S/C9H16N2.H2O/c1-3-5-9(4-2)11-7-6-10-8-11;/h6-9H,3-5H2,1-2H3;1H2. The molecule has 1 aromatic rings. The van der Waals surface area contributed by atoms with E-state index in [1.54, 1.807) is 0 Å². The van der Waals surface area contributed by atoms with Gasteiger partial charge in [-0.3, -0.25) is 0 Å². The average Bonchev–Trinajstić information content (AvgIpc) is 2.52. The van der Waals surface area contributed by atoms with Crippen molar-refractivity contribution in [3.05, 3.63) is 18.7 Å². The number of aromatic nitrogens is 2. The second-order valence-electron chi connectivity index (χ2n) is 2.86. The van der Waals surface area contributed by atoms with E-state index in [4.69, 9.17) is 0 Å². The maximum atomic E-state index is 4.04. The summed E-state index contributed by atoms with van der Waals surface area (Å²) >= 11 is 0. The largest absolute Gasteiger partial charge is 0.412 e. The molecule has 3 nitrogen and oxygen atoms in total. The van der Waals surface area contributed by atoms with Crippen molar-refractivity contribution in [1.29, 1.82) is 0 Å². The zero-order valence-electron chi connectivity index (χ0n) is 7.83. The highest BCUT2D eigenvalue weighted by Crippen LogP contribution is 2.16. The molecule has 0 amide bonds. The second kappa shape index (κ2) is 5.77. The minimum atomic E-state index is 0. The molecule has 0 radical (unpaired) electrons. The van der Waals surface area contributed by atoms with E-state index in [2.05, 4.69) is 23.4 Å². The molecule has 1 rings (SSSR count). The summed E-state index contributed by atoms with van der Waals surface area (Å²) in [6.07, 6.45) is 9.50. The van der Waals surface area contributed by atoms with Gasteiger partial charge in [0, 0.05) is 18.4 Å². The van der Waals surface area contributed by atoms with E-state index in [1.165, 1.54) is 19.3 Å². The molecule has 2 N–H and O–H groups in total. The quantitative estimate of drug-likeness (QED) is 0.679. The maximum Gasteiger partial charge on any atom is 0.0948 e. The predicted octanol–water partition coefficient (Wildman–Crippen LogP) is 1.81. The van der Waals surface area contributed by atoms with Crippen molar-refractivity contribution >= 4 is 0 Å². The van der Waals surface area contributed by atoms with Crippen molar-refractivity contribution < 1.29 is 5.48 Å². The van der Waals surface area contributed by atoms with Gasteiger partial charge in [-0.15, -0.1) is 0 Å². The van der Waals surface area contributed by atoms with Crippen LogP contribution in [-0.4, -0.2) is 15.0 Å². The van der Waals surface area contributed by atoms with Crippen LogP contribution < -0.4 is 0 Å². The molecule has 0 spiro atoms. The number of imidazole rings is 1. The van der Waals surface area contributed by atoms with Gasteiger partial charge >= 0.3 is 0 Å². The second-order valence-corrected chi connectivity index (χ2v) is 2.86. The Hall–Kier alpha value is -0.830. The lowest BCUT2D eigenvalue weighted by Gasteiger charge is -2.14. The fraction of sp³-hybridized carbons (Fsp3) is 0.667. The summed E-state index contributed by atoms with van der Waals surface area (Å²) in [6, 6.07) is 0.655. The number of rotatable bonds is 4. The lowest BCUT2D eigenvalue weighted by atomic mass is 10.1. The molecule has 0 aliphatic rings. The van der Waals surface area contributed by atoms with Gasteiger partial charge in [0.05, 0.1) is 6.33 Å². The van der Waals surface area contributed by atoms with Gasteiger partial charge in [0.1, 0.15) is 0 Å². The first-order valence-electron chi connectivity index (χ1n) is 4.36. The van der Waals surface area contributed by atoms with Crippen LogP contribution >= 0.6 is 0 Å². The molecular formula is C9H18N2O. The average molecular weight is 170 g/mol. The van der Waals surface area contributed by atoms with E-state index >= 15 is 0 Å². The molecule has 70 valence electrons. The van der Waals surface area contributed by atoms with Crippen LogP contribution in [-0.2, 0) is 0 Å². The summed E-state index contributed by atoms with van der Waals surface area (Å²) in [7, 11) is 0. The summed E-state index contributed by atoms with van der Waals surface area (Å²) in [5, 5.41) is 0. The van der Waals surface area contributed by atoms with Crippen LogP contribution in [0.1, 0.15) is 39.2 Å². The highest BCUT2D eigenvalue weighted by atomic mass is 16.0. The highest BCUT2D eigenvalue weighted by Gasteiger charge is 2.04. The van der Waals surface area contributed by atoms with E-state index in [-0.39, 0.29) is 5.48 Å². The van der Waals surface area contributed by atoms with Gasteiger partial charge < -0.3 is 10.0 Å². The fourth-order valence-corrected chi connectivity index (χ4v) is 1.38. The molecule has 1 aromatic heterocycles. The zero-order valence-corrected chi connectivity index (χ0v) is 7.83. The Morgan fingerprint density at radius 1 is 1.42 bits per heavy atom. The van der Waals surface area contributed by atoms with Crippen LogP contribution in [0.5, 0.6) is 0 Å². The van der Waals surface area contributed by atoms with Crippen LogP contribution in [0, 0.1) is 0 Å². The van der Waals surface area contributed by atoms with Gasteiger partial charge in [0.2, 0.25) is 0 Å².